The predicted octanol–water partition coefficient (Wildman–Crippen LogP) is 4.35. The number of halogens is 1. The van der Waals surface area contributed by atoms with E-state index in [9.17, 15) is 0 Å². The summed E-state index contributed by atoms with van der Waals surface area (Å²) in [5.74, 6) is 1.24. The van der Waals surface area contributed by atoms with E-state index < -0.39 is 0 Å². The molecular formula is C22H25ClN4. The molecule has 1 saturated carbocycles. The molecule has 2 heterocycles. The maximum absolute atomic E-state index is 6.13. The number of nitrogens with zero attached hydrogens (tertiary/aromatic N) is 3. The third kappa shape index (κ3) is 3.64. The molecule has 2 aromatic carbocycles. The van der Waals surface area contributed by atoms with E-state index in [0.717, 1.165) is 37.7 Å². The van der Waals surface area contributed by atoms with Crippen LogP contribution in [0.2, 0.25) is 5.02 Å². The van der Waals surface area contributed by atoms with Crippen LogP contribution in [0.1, 0.15) is 18.4 Å². The molecule has 3 aliphatic rings. The van der Waals surface area contributed by atoms with Gasteiger partial charge in [0.05, 0.1) is 11.4 Å². The van der Waals surface area contributed by atoms with Crippen molar-refractivity contribution in [2.24, 2.45) is 0 Å². The standard InChI is InChI=1S/C22H25ClN4/c23-18-5-3-4-17(14-18)15-25-10-12-26(13-11-25)22-16-27(19-8-9-19)21-7-2-1-6-20(21)24-22/h1-7,14,16,19,24H,8-13,15H2. The number of nitrogens with one attached hydrogen (secondary N) is 1. The number of hydrogen-bond donors (Lipinski definition) is 1. The summed E-state index contributed by atoms with van der Waals surface area (Å²) in [5.41, 5.74) is 3.83. The van der Waals surface area contributed by atoms with Gasteiger partial charge in [-0.3, -0.25) is 4.90 Å². The van der Waals surface area contributed by atoms with Gasteiger partial charge in [0.15, 0.2) is 0 Å². The van der Waals surface area contributed by atoms with Gasteiger partial charge < -0.3 is 15.1 Å². The number of fused-ring (bicyclic) bond motifs is 1. The monoisotopic (exact) mass is 380 g/mol. The van der Waals surface area contributed by atoms with Crippen LogP contribution in [-0.4, -0.2) is 42.0 Å². The third-order valence-corrected chi connectivity index (χ3v) is 5.89. The van der Waals surface area contributed by atoms with Gasteiger partial charge in [-0.2, -0.15) is 0 Å². The summed E-state index contributed by atoms with van der Waals surface area (Å²) in [5, 5.41) is 4.48. The summed E-state index contributed by atoms with van der Waals surface area (Å²) in [6, 6.07) is 17.5. The molecule has 140 valence electrons. The summed E-state index contributed by atoms with van der Waals surface area (Å²) in [6.45, 7) is 5.19. The summed E-state index contributed by atoms with van der Waals surface area (Å²) in [6.07, 6.45) is 4.92. The minimum atomic E-state index is 0.673. The normalized spacial score (nSPS) is 20.1. The van der Waals surface area contributed by atoms with Gasteiger partial charge in [-0.15, -0.1) is 0 Å². The molecule has 0 bridgehead atoms. The number of para-hydroxylation sites is 2. The average Bonchev–Trinajstić information content (AvgIpc) is 3.53. The topological polar surface area (TPSA) is 21.8 Å². The van der Waals surface area contributed by atoms with Crippen LogP contribution in [0.5, 0.6) is 0 Å². The molecule has 2 aliphatic heterocycles. The Labute approximate surface area is 166 Å². The summed E-state index contributed by atoms with van der Waals surface area (Å²) in [7, 11) is 0. The van der Waals surface area contributed by atoms with Crippen LogP contribution in [0.25, 0.3) is 0 Å². The third-order valence-electron chi connectivity index (χ3n) is 5.65. The lowest BCUT2D eigenvalue weighted by molar-refractivity contribution is 0.153. The molecule has 0 spiro atoms. The Morgan fingerprint density at radius 1 is 0.963 bits per heavy atom. The van der Waals surface area contributed by atoms with Gasteiger partial charge in [-0.05, 0) is 42.7 Å². The Morgan fingerprint density at radius 2 is 1.78 bits per heavy atom. The first-order valence-corrected chi connectivity index (χ1v) is 10.2. The Kier molecular flexibility index (Phi) is 4.46. The van der Waals surface area contributed by atoms with Crippen molar-refractivity contribution in [3.05, 3.63) is 71.1 Å². The smallest absolute Gasteiger partial charge is 0.123 e. The fourth-order valence-corrected chi connectivity index (χ4v) is 4.24. The van der Waals surface area contributed by atoms with E-state index in [1.807, 2.05) is 12.1 Å². The van der Waals surface area contributed by atoms with Gasteiger partial charge in [-0.1, -0.05) is 35.9 Å². The Hall–Kier alpha value is -2.17. The van der Waals surface area contributed by atoms with E-state index in [-0.39, 0.29) is 0 Å². The highest BCUT2D eigenvalue weighted by Crippen LogP contribution is 2.39. The summed E-state index contributed by atoms with van der Waals surface area (Å²) in [4.78, 5) is 7.47. The minimum absolute atomic E-state index is 0.673. The van der Waals surface area contributed by atoms with Crippen molar-refractivity contribution < 1.29 is 0 Å². The van der Waals surface area contributed by atoms with Crippen molar-refractivity contribution in [3.8, 4) is 0 Å². The zero-order valence-electron chi connectivity index (χ0n) is 15.4. The fourth-order valence-electron chi connectivity index (χ4n) is 4.03. The molecule has 1 saturated heterocycles. The largest absolute Gasteiger partial charge is 0.354 e. The SMILES string of the molecule is Clc1cccc(CN2CCN(C3=CN(C4CC4)c4ccccc4N3)CC2)c1. The van der Waals surface area contributed by atoms with Gasteiger partial charge in [-0.25, -0.2) is 0 Å². The highest BCUT2D eigenvalue weighted by molar-refractivity contribution is 6.30. The van der Waals surface area contributed by atoms with E-state index in [1.54, 1.807) is 0 Å². The Bertz CT molecular complexity index is 853. The van der Waals surface area contributed by atoms with Crippen LogP contribution < -0.4 is 10.2 Å². The van der Waals surface area contributed by atoms with Crippen molar-refractivity contribution in [1.29, 1.82) is 0 Å². The number of anilines is 2. The zero-order chi connectivity index (χ0) is 18.2. The van der Waals surface area contributed by atoms with Crippen molar-refractivity contribution >= 4 is 23.0 Å². The zero-order valence-corrected chi connectivity index (χ0v) is 16.2. The predicted molar refractivity (Wildman–Crippen MR) is 112 cm³/mol. The van der Waals surface area contributed by atoms with Gasteiger partial charge in [0.2, 0.25) is 0 Å². The Morgan fingerprint density at radius 3 is 2.56 bits per heavy atom. The van der Waals surface area contributed by atoms with Crippen LogP contribution in [0, 0.1) is 0 Å². The second-order valence-electron chi connectivity index (χ2n) is 7.69. The van der Waals surface area contributed by atoms with E-state index in [2.05, 4.69) is 62.6 Å². The second-order valence-corrected chi connectivity index (χ2v) is 8.12. The molecule has 0 amide bonds. The highest BCUT2D eigenvalue weighted by atomic mass is 35.5. The molecule has 0 unspecified atom stereocenters. The number of benzene rings is 2. The van der Waals surface area contributed by atoms with Crippen molar-refractivity contribution in [3.63, 3.8) is 0 Å². The van der Waals surface area contributed by atoms with Crippen LogP contribution >= 0.6 is 11.6 Å². The maximum atomic E-state index is 6.13. The van der Waals surface area contributed by atoms with Gasteiger partial charge in [0, 0.05) is 50.0 Å². The van der Waals surface area contributed by atoms with Crippen molar-refractivity contribution in [2.45, 2.75) is 25.4 Å². The average molecular weight is 381 g/mol. The number of piperazine rings is 1. The summed E-state index contributed by atoms with van der Waals surface area (Å²) < 4.78 is 0. The van der Waals surface area contributed by atoms with E-state index >= 15 is 0 Å². The lowest BCUT2D eigenvalue weighted by Gasteiger charge is -2.40. The van der Waals surface area contributed by atoms with Crippen molar-refractivity contribution in [2.75, 3.05) is 36.4 Å². The van der Waals surface area contributed by atoms with Crippen LogP contribution in [0.4, 0.5) is 11.4 Å². The number of hydrogen-bond acceptors (Lipinski definition) is 4. The Balaban J connectivity index is 1.26. The first-order chi connectivity index (χ1) is 13.3. The first-order valence-electron chi connectivity index (χ1n) is 9.84. The second kappa shape index (κ2) is 7.10. The maximum Gasteiger partial charge on any atom is 0.123 e. The molecule has 2 fully saturated rings. The molecular weight excluding hydrogens is 356 g/mol. The molecule has 1 aliphatic carbocycles. The van der Waals surface area contributed by atoms with Gasteiger partial charge in [0.1, 0.15) is 5.82 Å². The van der Waals surface area contributed by atoms with Crippen LogP contribution in [-0.2, 0) is 6.54 Å². The van der Waals surface area contributed by atoms with Crippen LogP contribution in [0.15, 0.2) is 60.6 Å². The molecule has 2 aromatic rings. The molecule has 5 heteroatoms. The highest BCUT2D eigenvalue weighted by Gasteiger charge is 2.33. The molecule has 0 atom stereocenters. The molecule has 0 radical (unpaired) electrons. The number of rotatable bonds is 4. The lowest BCUT2D eigenvalue weighted by atomic mass is 10.2. The molecule has 5 rings (SSSR count). The molecule has 4 nitrogen and oxygen atoms in total. The van der Waals surface area contributed by atoms with Gasteiger partial charge in [0.25, 0.3) is 0 Å². The molecule has 27 heavy (non-hydrogen) atoms. The first kappa shape index (κ1) is 17.0. The lowest BCUT2D eigenvalue weighted by Crippen LogP contribution is -2.47. The quantitative estimate of drug-likeness (QED) is 0.851. The summed E-state index contributed by atoms with van der Waals surface area (Å²) >= 11 is 6.13. The van der Waals surface area contributed by atoms with Crippen LogP contribution in [0.3, 0.4) is 0 Å². The van der Waals surface area contributed by atoms with E-state index in [1.165, 1.54) is 35.6 Å². The molecule has 0 aromatic heterocycles. The van der Waals surface area contributed by atoms with E-state index in [4.69, 9.17) is 11.6 Å². The molecule has 1 N–H and O–H groups in total. The van der Waals surface area contributed by atoms with Gasteiger partial charge >= 0.3 is 0 Å². The fraction of sp³-hybridized carbons (Fsp3) is 0.364. The minimum Gasteiger partial charge on any atom is -0.354 e. The van der Waals surface area contributed by atoms with E-state index in [0.29, 0.717) is 6.04 Å². The van der Waals surface area contributed by atoms with Crippen molar-refractivity contribution in [1.82, 2.24) is 9.80 Å².